The Labute approximate surface area is 324 Å². The van der Waals surface area contributed by atoms with Gasteiger partial charge in [0.05, 0.1) is 0 Å². The van der Waals surface area contributed by atoms with Crippen LogP contribution in [0, 0.1) is 55.4 Å². The molecule has 0 aliphatic rings. The standard InChI is InChI=1S/3C14H14.C12H12/c1-11-3-7-13(8-4-11)14-9-5-12(2)6-10-14;1-11-5-3-7-13(9-11)14-8-4-6-12(2)10-14;1-11-6-5-8-13(10-11)14-9-4-3-7-12(14)2;1-9-5-3-8-12-10(2)6-4-7-11(9)12/h3*3-10H,1-2H3;3-8H,1-2H3. The van der Waals surface area contributed by atoms with Gasteiger partial charge in [-0.2, -0.15) is 0 Å². The van der Waals surface area contributed by atoms with Gasteiger partial charge in [-0.05, 0) is 116 Å². The Morgan fingerprint density at radius 3 is 0.981 bits per heavy atom. The lowest BCUT2D eigenvalue weighted by Gasteiger charge is -2.05. The second-order valence-electron chi connectivity index (χ2n) is 14.4. The van der Waals surface area contributed by atoms with E-state index in [2.05, 4.69) is 237 Å². The van der Waals surface area contributed by atoms with Crippen LogP contribution in [0.2, 0.25) is 0 Å². The van der Waals surface area contributed by atoms with Crippen LogP contribution in [-0.2, 0) is 0 Å². The molecular weight excluding hydrogens is 649 g/mol. The maximum atomic E-state index is 2.22. The van der Waals surface area contributed by atoms with Gasteiger partial charge < -0.3 is 0 Å². The van der Waals surface area contributed by atoms with E-state index in [1.165, 1.54) is 88.7 Å². The average Bonchev–Trinajstić information content (AvgIpc) is 3.17. The molecule has 0 fully saturated rings. The third kappa shape index (κ3) is 11.3. The lowest BCUT2D eigenvalue weighted by atomic mass is 9.99. The van der Waals surface area contributed by atoms with E-state index in [9.17, 15) is 0 Å². The first-order valence-corrected chi connectivity index (χ1v) is 18.9. The Morgan fingerprint density at radius 1 is 0.222 bits per heavy atom. The summed E-state index contributed by atoms with van der Waals surface area (Å²) >= 11 is 0. The van der Waals surface area contributed by atoms with E-state index >= 15 is 0 Å². The van der Waals surface area contributed by atoms with E-state index < -0.39 is 0 Å². The molecule has 0 radical (unpaired) electrons. The first-order valence-electron chi connectivity index (χ1n) is 18.9. The summed E-state index contributed by atoms with van der Waals surface area (Å²) in [4.78, 5) is 0. The summed E-state index contributed by atoms with van der Waals surface area (Å²) in [5, 5.41) is 2.75. The molecule has 0 N–H and O–H groups in total. The molecule has 54 heavy (non-hydrogen) atoms. The quantitative estimate of drug-likeness (QED) is 0.172. The molecule has 0 heterocycles. The summed E-state index contributed by atoms with van der Waals surface area (Å²) in [6.45, 7) is 17.1. The van der Waals surface area contributed by atoms with Crippen molar-refractivity contribution in [1.29, 1.82) is 0 Å². The van der Waals surface area contributed by atoms with Crippen molar-refractivity contribution < 1.29 is 0 Å². The van der Waals surface area contributed by atoms with Crippen molar-refractivity contribution >= 4 is 10.8 Å². The van der Waals surface area contributed by atoms with Crippen molar-refractivity contribution in [2.24, 2.45) is 0 Å². The molecule has 0 atom stereocenters. The van der Waals surface area contributed by atoms with Gasteiger partial charge >= 0.3 is 0 Å². The molecule has 0 unspecified atom stereocenters. The summed E-state index contributed by atoms with van der Waals surface area (Å²) in [6.07, 6.45) is 0. The van der Waals surface area contributed by atoms with Gasteiger partial charge in [-0.15, -0.1) is 0 Å². The number of aryl methyl sites for hydroxylation is 8. The number of benzene rings is 8. The van der Waals surface area contributed by atoms with Crippen LogP contribution in [0.25, 0.3) is 44.2 Å². The van der Waals surface area contributed by atoms with Crippen LogP contribution in [0.3, 0.4) is 0 Å². The minimum atomic E-state index is 1.29. The van der Waals surface area contributed by atoms with E-state index in [0.717, 1.165) is 0 Å². The van der Waals surface area contributed by atoms with Crippen LogP contribution in [0.15, 0.2) is 182 Å². The molecule has 0 nitrogen and oxygen atoms in total. The Morgan fingerprint density at radius 2 is 0.574 bits per heavy atom. The van der Waals surface area contributed by atoms with Crippen LogP contribution in [-0.4, -0.2) is 0 Å². The molecule has 0 heteroatoms. The second kappa shape index (κ2) is 19.2. The maximum Gasteiger partial charge on any atom is -0.0152 e. The molecule has 0 aliphatic heterocycles. The lowest BCUT2D eigenvalue weighted by molar-refractivity contribution is 1.43. The van der Waals surface area contributed by atoms with E-state index in [1.807, 2.05) is 0 Å². The van der Waals surface area contributed by atoms with Crippen molar-refractivity contribution in [3.05, 3.63) is 226 Å². The Balaban J connectivity index is 0.000000139. The Kier molecular flexibility index (Phi) is 13.9. The number of rotatable bonds is 3. The fourth-order valence-electron chi connectivity index (χ4n) is 6.47. The van der Waals surface area contributed by atoms with Gasteiger partial charge in [-0.1, -0.05) is 210 Å². The fourth-order valence-corrected chi connectivity index (χ4v) is 6.47. The highest BCUT2D eigenvalue weighted by molar-refractivity contribution is 5.88. The van der Waals surface area contributed by atoms with Gasteiger partial charge in [-0.3, -0.25) is 0 Å². The van der Waals surface area contributed by atoms with Gasteiger partial charge in [-0.25, -0.2) is 0 Å². The molecule has 8 aromatic rings. The highest BCUT2D eigenvalue weighted by Crippen LogP contribution is 2.25. The summed E-state index contributed by atoms with van der Waals surface area (Å²) in [5.41, 5.74) is 18.4. The van der Waals surface area contributed by atoms with Crippen LogP contribution in [0.5, 0.6) is 0 Å². The van der Waals surface area contributed by atoms with Crippen LogP contribution < -0.4 is 0 Å². The van der Waals surface area contributed by atoms with Crippen molar-refractivity contribution in [3.8, 4) is 33.4 Å². The highest BCUT2D eigenvalue weighted by Gasteiger charge is 2.01. The van der Waals surface area contributed by atoms with Crippen LogP contribution >= 0.6 is 0 Å². The lowest BCUT2D eigenvalue weighted by Crippen LogP contribution is -1.82. The third-order valence-corrected chi connectivity index (χ3v) is 9.64. The number of hydrogen-bond donors (Lipinski definition) is 0. The predicted octanol–water partition coefficient (Wildman–Crippen LogP) is 15.4. The monoisotopic (exact) mass is 702 g/mol. The number of fused-ring (bicyclic) bond motifs is 1. The van der Waals surface area contributed by atoms with Gasteiger partial charge in [0.1, 0.15) is 0 Å². The zero-order valence-electron chi connectivity index (χ0n) is 33.3. The van der Waals surface area contributed by atoms with Gasteiger partial charge in [0, 0.05) is 0 Å². The molecule has 270 valence electrons. The number of hydrogen-bond acceptors (Lipinski definition) is 0. The Hall–Kier alpha value is -5.98. The summed E-state index contributed by atoms with van der Waals surface area (Å²) < 4.78 is 0. The maximum absolute atomic E-state index is 2.22. The van der Waals surface area contributed by atoms with Gasteiger partial charge in [0.25, 0.3) is 0 Å². The minimum Gasteiger partial charge on any atom is -0.0620 e. The van der Waals surface area contributed by atoms with Crippen molar-refractivity contribution in [2.75, 3.05) is 0 Å². The van der Waals surface area contributed by atoms with Crippen LogP contribution in [0.1, 0.15) is 44.5 Å². The molecule has 8 aromatic carbocycles. The molecule has 0 spiro atoms. The average molecular weight is 703 g/mol. The minimum absolute atomic E-state index is 1.29. The molecule has 0 bridgehead atoms. The van der Waals surface area contributed by atoms with E-state index in [4.69, 9.17) is 0 Å². The first-order chi connectivity index (χ1) is 26.1. The fraction of sp³-hybridized carbons (Fsp3) is 0.148. The smallest absolute Gasteiger partial charge is 0.0152 e. The van der Waals surface area contributed by atoms with E-state index in [-0.39, 0.29) is 0 Å². The van der Waals surface area contributed by atoms with E-state index in [0.29, 0.717) is 0 Å². The molecule has 8 rings (SSSR count). The molecular formula is C54H54. The molecule has 0 saturated heterocycles. The largest absolute Gasteiger partial charge is 0.0620 e. The van der Waals surface area contributed by atoms with E-state index in [1.54, 1.807) is 0 Å². The normalized spacial score (nSPS) is 10.2. The zero-order valence-corrected chi connectivity index (χ0v) is 33.3. The zero-order chi connectivity index (χ0) is 38.5. The van der Waals surface area contributed by atoms with Gasteiger partial charge in [0.2, 0.25) is 0 Å². The predicted molar refractivity (Wildman–Crippen MR) is 237 cm³/mol. The van der Waals surface area contributed by atoms with Crippen LogP contribution in [0.4, 0.5) is 0 Å². The van der Waals surface area contributed by atoms with Crippen molar-refractivity contribution in [1.82, 2.24) is 0 Å². The van der Waals surface area contributed by atoms with Gasteiger partial charge in [0.15, 0.2) is 0 Å². The Bertz CT molecular complexity index is 2260. The van der Waals surface area contributed by atoms with Crippen molar-refractivity contribution in [2.45, 2.75) is 55.4 Å². The SMILES string of the molecule is Cc1ccc(-c2ccc(C)cc2)cc1.Cc1cccc(-c2cccc(C)c2)c1.Cc1cccc(-c2ccccc2C)c1.Cc1cccc2c(C)cccc12. The summed E-state index contributed by atoms with van der Waals surface area (Å²) in [7, 11) is 0. The third-order valence-electron chi connectivity index (χ3n) is 9.64. The molecule has 0 amide bonds. The summed E-state index contributed by atoms with van der Waals surface area (Å²) in [5.74, 6) is 0. The topological polar surface area (TPSA) is 0 Å². The first kappa shape index (κ1) is 39.2. The van der Waals surface area contributed by atoms with Crippen molar-refractivity contribution in [3.63, 3.8) is 0 Å². The molecule has 0 aromatic heterocycles. The summed E-state index contributed by atoms with van der Waals surface area (Å²) in [6, 6.07) is 64.5. The second-order valence-corrected chi connectivity index (χ2v) is 14.4. The molecule has 0 saturated carbocycles. The molecule has 0 aliphatic carbocycles. The highest BCUT2D eigenvalue weighted by atomic mass is 14.1.